The van der Waals surface area contributed by atoms with Crippen LogP contribution >= 0.6 is 0 Å². The molecule has 30 heavy (non-hydrogen) atoms. The molecule has 0 spiro atoms. The van der Waals surface area contributed by atoms with E-state index in [0.717, 1.165) is 19.0 Å². The van der Waals surface area contributed by atoms with Gasteiger partial charge in [0.05, 0.1) is 0 Å². The molecule has 1 aliphatic heterocycles. The molecule has 150 valence electrons. The zero-order valence-corrected chi connectivity index (χ0v) is 19.3. The van der Waals surface area contributed by atoms with Gasteiger partial charge in [-0.25, -0.2) is 0 Å². The highest BCUT2D eigenvalue weighted by Gasteiger charge is 2.50. The van der Waals surface area contributed by atoms with Gasteiger partial charge >= 0.3 is 20.9 Å². The smallest absolute Gasteiger partial charge is 0.304 e. The highest BCUT2D eigenvalue weighted by molar-refractivity contribution is 6.86. The van der Waals surface area contributed by atoms with Crippen molar-refractivity contribution in [1.82, 2.24) is 14.2 Å². The van der Waals surface area contributed by atoms with Crippen LogP contribution in [0.4, 0.5) is 0 Å². The van der Waals surface area contributed by atoms with Gasteiger partial charge in [0.15, 0.2) is 0 Å². The molecule has 0 aromatic heterocycles. The highest BCUT2D eigenvalue weighted by atomic mass is 15.3. The van der Waals surface area contributed by atoms with Crippen molar-refractivity contribution < 1.29 is 0 Å². The summed E-state index contributed by atoms with van der Waals surface area (Å²) in [6.07, 6.45) is 2.19. The molecule has 6 heteroatoms. The number of hydrogen-bond acceptors (Lipinski definition) is 3. The summed E-state index contributed by atoms with van der Waals surface area (Å²) in [5.74, 6) is 38.0. The first-order chi connectivity index (χ1) is 14.7. The summed E-state index contributed by atoms with van der Waals surface area (Å²) in [5.41, 5.74) is 0. The van der Waals surface area contributed by atoms with Gasteiger partial charge in [-0.2, -0.15) is 0 Å². The quantitative estimate of drug-likeness (QED) is 0.508. The van der Waals surface area contributed by atoms with Crippen LogP contribution in [0.1, 0.15) is 41.5 Å². The lowest BCUT2D eigenvalue weighted by atomic mass is 9.40. The minimum absolute atomic E-state index is 0.0947. The van der Waals surface area contributed by atoms with Gasteiger partial charge in [0.2, 0.25) is 0 Å². The zero-order chi connectivity index (χ0) is 22.2. The Kier molecular flexibility index (Phi) is 13.0. The standard InChI is InChI=1S/C24H30B3N3/c1-7-13-19-25-28(22-16-10-4)26(20-14-8-2)30(24-18-12-6)27(21-15-9-3)29(25)23-17-11-5/h19-24H2,1-6H3. The van der Waals surface area contributed by atoms with Gasteiger partial charge in [0, 0.05) is 38.6 Å². The van der Waals surface area contributed by atoms with Gasteiger partial charge in [-0.3, -0.25) is 0 Å². The van der Waals surface area contributed by atoms with E-state index < -0.39 is 0 Å². The van der Waals surface area contributed by atoms with E-state index in [4.69, 9.17) is 0 Å². The van der Waals surface area contributed by atoms with Crippen LogP contribution in [0.3, 0.4) is 0 Å². The Morgan fingerprint density at radius 1 is 0.400 bits per heavy atom. The lowest BCUT2D eigenvalue weighted by Gasteiger charge is -2.52. The van der Waals surface area contributed by atoms with Crippen LogP contribution in [0.5, 0.6) is 0 Å². The second kappa shape index (κ2) is 15.3. The fraction of sp³-hybridized carbons (Fsp3) is 0.500. The third-order valence-electron chi connectivity index (χ3n) is 5.00. The van der Waals surface area contributed by atoms with Crippen LogP contribution in [0.15, 0.2) is 0 Å². The number of nitrogens with zero attached hydrogens (tertiary/aromatic N) is 3. The zero-order valence-electron chi connectivity index (χ0n) is 19.3. The molecule has 1 aliphatic rings. The van der Waals surface area contributed by atoms with Gasteiger partial charge in [-0.1, -0.05) is 17.8 Å². The molecule has 0 N–H and O–H groups in total. The third kappa shape index (κ3) is 7.36. The Bertz CT molecular complexity index is 709. The fourth-order valence-electron chi connectivity index (χ4n) is 3.59. The first-order valence-electron chi connectivity index (χ1n) is 10.3. The summed E-state index contributed by atoms with van der Waals surface area (Å²) in [6, 6.07) is 0. The van der Waals surface area contributed by atoms with Crippen LogP contribution in [0.25, 0.3) is 0 Å². The Labute approximate surface area is 186 Å². The van der Waals surface area contributed by atoms with Crippen molar-refractivity contribution in [3.63, 3.8) is 0 Å². The predicted molar refractivity (Wildman–Crippen MR) is 133 cm³/mol. The Hall–Kier alpha value is -2.57. The van der Waals surface area contributed by atoms with Crippen LogP contribution in [-0.2, 0) is 0 Å². The maximum Gasteiger partial charge on any atom is 0.304 e. The maximum absolute atomic E-state index is 3.29. The average Bonchev–Trinajstić information content (AvgIpc) is 2.76. The van der Waals surface area contributed by atoms with Gasteiger partial charge in [-0.15, -0.1) is 53.3 Å². The fourth-order valence-corrected chi connectivity index (χ4v) is 3.59. The van der Waals surface area contributed by atoms with Crippen molar-refractivity contribution in [1.29, 1.82) is 0 Å². The van der Waals surface area contributed by atoms with Gasteiger partial charge in [0.25, 0.3) is 0 Å². The van der Waals surface area contributed by atoms with E-state index in [9.17, 15) is 0 Å². The molecular weight excluding hydrogens is 363 g/mol. The van der Waals surface area contributed by atoms with Crippen LogP contribution < -0.4 is 0 Å². The molecule has 0 unspecified atom stereocenters. The molecule has 1 saturated heterocycles. The summed E-state index contributed by atoms with van der Waals surface area (Å²) in [4.78, 5) is 0. The molecule has 1 rings (SSSR count). The number of rotatable bonds is 6. The van der Waals surface area contributed by atoms with E-state index in [1.807, 2.05) is 41.5 Å². The van der Waals surface area contributed by atoms with E-state index in [1.54, 1.807) is 0 Å². The Morgan fingerprint density at radius 2 is 0.633 bits per heavy atom. The summed E-state index contributed by atoms with van der Waals surface area (Å²) in [5, 5.41) is 0. The van der Waals surface area contributed by atoms with E-state index >= 15 is 0 Å². The molecule has 0 saturated carbocycles. The van der Waals surface area contributed by atoms with E-state index in [2.05, 4.69) is 85.2 Å². The van der Waals surface area contributed by atoms with Crippen LogP contribution in [0.2, 0.25) is 19.0 Å². The molecule has 0 aromatic carbocycles. The molecule has 0 aromatic rings. The van der Waals surface area contributed by atoms with Crippen molar-refractivity contribution in [2.75, 3.05) is 19.6 Å². The summed E-state index contributed by atoms with van der Waals surface area (Å²) in [6.45, 7) is 13.5. The molecule has 1 heterocycles. The van der Waals surface area contributed by atoms with Crippen molar-refractivity contribution in [3.8, 4) is 71.0 Å². The first-order valence-corrected chi connectivity index (χ1v) is 10.3. The largest absolute Gasteiger partial charge is 0.345 e. The monoisotopic (exact) mass is 393 g/mol. The van der Waals surface area contributed by atoms with E-state index in [1.165, 1.54) is 0 Å². The summed E-state index contributed by atoms with van der Waals surface area (Å²) < 4.78 is 7.24. The van der Waals surface area contributed by atoms with Crippen LogP contribution in [-0.4, -0.2) is 54.7 Å². The second-order valence-electron chi connectivity index (χ2n) is 6.63. The Morgan fingerprint density at radius 3 is 0.833 bits per heavy atom. The van der Waals surface area contributed by atoms with Crippen molar-refractivity contribution in [2.45, 2.75) is 60.5 Å². The number of hydrogen-bond donors (Lipinski definition) is 0. The summed E-state index contributed by atoms with van der Waals surface area (Å²) >= 11 is 0. The lowest BCUT2D eigenvalue weighted by molar-refractivity contribution is 0.487. The van der Waals surface area contributed by atoms with E-state index in [0.29, 0.717) is 19.6 Å². The third-order valence-corrected chi connectivity index (χ3v) is 5.00. The highest BCUT2D eigenvalue weighted by Crippen LogP contribution is 2.25. The average molecular weight is 393 g/mol. The molecule has 0 radical (unpaired) electrons. The van der Waals surface area contributed by atoms with Crippen molar-refractivity contribution in [2.24, 2.45) is 0 Å². The molecule has 0 atom stereocenters. The maximum atomic E-state index is 3.29. The first kappa shape index (κ1) is 25.5. The predicted octanol–water partition coefficient (Wildman–Crippen LogP) is 2.51. The van der Waals surface area contributed by atoms with Gasteiger partial charge in [0.1, 0.15) is 0 Å². The minimum Gasteiger partial charge on any atom is -0.345 e. The molecule has 3 nitrogen and oxygen atoms in total. The van der Waals surface area contributed by atoms with Crippen molar-refractivity contribution in [3.05, 3.63) is 0 Å². The molecule has 0 bridgehead atoms. The normalized spacial score (nSPS) is 13.6. The summed E-state index contributed by atoms with van der Waals surface area (Å²) in [7, 11) is 0. The lowest BCUT2D eigenvalue weighted by Crippen LogP contribution is -2.77. The Balaban J connectivity index is 3.61. The van der Waals surface area contributed by atoms with E-state index in [-0.39, 0.29) is 20.9 Å². The topological polar surface area (TPSA) is 9.72 Å². The van der Waals surface area contributed by atoms with Gasteiger partial charge < -0.3 is 14.2 Å². The minimum atomic E-state index is 0.0947. The van der Waals surface area contributed by atoms with Crippen molar-refractivity contribution >= 4 is 20.9 Å². The van der Waals surface area contributed by atoms with Crippen LogP contribution in [0, 0.1) is 71.0 Å². The molecule has 0 aliphatic carbocycles. The SMILES string of the molecule is CC#CCB1N(CC#CC)B(CC#CC)N(CC#CC)B(CC#CC)N1CC#CC. The second-order valence-corrected chi connectivity index (χ2v) is 6.63. The molecular formula is C24H30B3N3. The van der Waals surface area contributed by atoms with Gasteiger partial charge in [-0.05, 0) is 41.5 Å². The molecule has 1 fully saturated rings. The molecule has 0 amide bonds.